The van der Waals surface area contributed by atoms with Crippen molar-refractivity contribution in [2.45, 2.75) is 45.4 Å². The predicted molar refractivity (Wildman–Crippen MR) is 135 cm³/mol. The molecule has 1 aliphatic heterocycles. The Morgan fingerprint density at radius 3 is 2.03 bits per heavy atom. The van der Waals surface area contributed by atoms with Crippen molar-refractivity contribution in [3.8, 4) is 0 Å². The number of nitrogens with zero attached hydrogens (tertiary/aromatic N) is 1. The maximum atomic E-state index is 12.7. The first kappa shape index (κ1) is 24.4. The summed E-state index contributed by atoms with van der Waals surface area (Å²) < 4.78 is 0. The van der Waals surface area contributed by atoms with Crippen molar-refractivity contribution >= 4 is 35.0 Å². The van der Waals surface area contributed by atoms with Crippen LogP contribution in [0.2, 0.25) is 0 Å². The smallest absolute Gasteiger partial charge is 0.255 e. The zero-order chi connectivity index (χ0) is 25.2. The first-order valence-corrected chi connectivity index (χ1v) is 12.0. The van der Waals surface area contributed by atoms with E-state index in [0.717, 1.165) is 5.56 Å². The third kappa shape index (κ3) is 5.50. The van der Waals surface area contributed by atoms with Crippen LogP contribution in [-0.2, 0) is 19.8 Å². The Balaban J connectivity index is 1.32. The fourth-order valence-electron chi connectivity index (χ4n) is 4.53. The second-order valence-corrected chi connectivity index (χ2v) is 10.1. The topological polar surface area (TPSA) is 95.6 Å². The van der Waals surface area contributed by atoms with Crippen LogP contribution in [0, 0.1) is 11.8 Å². The number of rotatable bonds is 6. The van der Waals surface area contributed by atoms with E-state index in [4.69, 9.17) is 0 Å². The van der Waals surface area contributed by atoms with Crippen LogP contribution in [-0.4, -0.2) is 35.1 Å². The molecule has 0 spiro atoms. The van der Waals surface area contributed by atoms with Crippen molar-refractivity contribution in [3.63, 3.8) is 0 Å². The van der Waals surface area contributed by atoms with Crippen molar-refractivity contribution in [2.24, 2.45) is 11.8 Å². The van der Waals surface area contributed by atoms with Gasteiger partial charge in [-0.2, -0.15) is 0 Å². The average Bonchev–Trinajstić information content (AvgIpc) is 3.07. The number of fused-ring (bicyclic) bond motifs is 1. The Labute approximate surface area is 205 Å². The number of amides is 4. The van der Waals surface area contributed by atoms with Gasteiger partial charge in [-0.1, -0.05) is 51.1 Å². The number of carbonyl (C=O) groups is 4. The number of carbonyl (C=O) groups excluding carboxylic acids is 4. The number of hydrogen-bond donors (Lipinski definition) is 2. The Morgan fingerprint density at radius 2 is 1.46 bits per heavy atom. The zero-order valence-electron chi connectivity index (χ0n) is 20.3. The van der Waals surface area contributed by atoms with E-state index in [1.165, 1.54) is 4.90 Å². The molecule has 2 atom stereocenters. The molecule has 1 aliphatic carbocycles. The summed E-state index contributed by atoms with van der Waals surface area (Å²) in [5, 5.41) is 5.64. The van der Waals surface area contributed by atoms with E-state index in [-0.39, 0.29) is 53.8 Å². The quantitative estimate of drug-likeness (QED) is 0.476. The largest absolute Gasteiger partial charge is 0.326 e. The van der Waals surface area contributed by atoms with Crippen molar-refractivity contribution in [1.82, 2.24) is 4.90 Å². The molecule has 2 aromatic rings. The lowest BCUT2D eigenvalue weighted by molar-refractivity contribution is -0.140. The lowest BCUT2D eigenvalue weighted by Gasteiger charge is -2.19. The maximum Gasteiger partial charge on any atom is 0.255 e. The molecule has 1 saturated heterocycles. The van der Waals surface area contributed by atoms with E-state index in [9.17, 15) is 19.2 Å². The molecule has 0 radical (unpaired) electrons. The van der Waals surface area contributed by atoms with Gasteiger partial charge in [-0.15, -0.1) is 0 Å². The molecule has 0 bridgehead atoms. The highest BCUT2D eigenvalue weighted by molar-refractivity contribution is 6.06. The zero-order valence-corrected chi connectivity index (χ0v) is 20.3. The summed E-state index contributed by atoms with van der Waals surface area (Å²) in [5.41, 5.74) is 2.77. The minimum absolute atomic E-state index is 0.00627. The number of benzene rings is 2. The molecule has 7 nitrogen and oxygen atoms in total. The highest BCUT2D eigenvalue weighted by atomic mass is 16.2. The second-order valence-electron chi connectivity index (χ2n) is 10.1. The van der Waals surface area contributed by atoms with E-state index in [1.54, 1.807) is 36.4 Å². The van der Waals surface area contributed by atoms with Gasteiger partial charge in [0, 0.05) is 29.9 Å². The summed E-state index contributed by atoms with van der Waals surface area (Å²) in [6.07, 6.45) is 5.06. The van der Waals surface area contributed by atoms with Gasteiger partial charge in [0.15, 0.2) is 0 Å². The van der Waals surface area contributed by atoms with Crippen LogP contribution in [0.5, 0.6) is 0 Å². The highest BCUT2D eigenvalue weighted by Crippen LogP contribution is 2.35. The van der Waals surface area contributed by atoms with Gasteiger partial charge in [0.1, 0.15) is 0 Å². The van der Waals surface area contributed by atoms with E-state index < -0.39 is 0 Å². The van der Waals surface area contributed by atoms with Crippen molar-refractivity contribution in [2.75, 3.05) is 17.2 Å². The second kappa shape index (κ2) is 9.86. The molecule has 2 N–H and O–H groups in total. The summed E-state index contributed by atoms with van der Waals surface area (Å²) in [6.45, 7) is 6.42. The summed E-state index contributed by atoms with van der Waals surface area (Å²) >= 11 is 0. The van der Waals surface area contributed by atoms with Crippen LogP contribution in [0.1, 0.15) is 56.0 Å². The van der Waals surface area contributed by atoms with Crippen LogP contribution < -0.4 is 10.6 Å². The molecule has 7 heteroatoms. The minimum atomic E-state index is -0.306. The van der Waals surface area contributed by atoms with Gasteiger partial charge in [0.05, 0.1) is 11.8 Å². The lowest BCUT2D eigenvalue weighted by Crippen LogP contribution is -2.34. The van der Waals surface area contributed by atoms with Gasteiger partial charge < -0.3 is 10.6 Å². The fourth-order valence-corrected chi connectivity index (χ4v) is 4.53. The van der Waals surface area contributed by atoms with Gasteiger partial charge in [-0.05, 0) is 54.2 Å². The molecule has 35 heavy (non-hydrogen) atoms. The van der Waals surface area contributed by atoms with Crippen LogP contribution in [0.25, 0.3) is 0 Å². The Kier molecular flexibility index (Phi) is 6.87. The Bertz CT molecular complexity index is 1150. The number of allylic oxidation sites excluding steroid dienone is 2. The predicted octanol–water partition coefficient (Wildman–Crippen LogP) is 4.52. The Hall–Kier alpha value is -3.74. The molecule has 1 heterocycles. The SMILES string of the molecule is CC(C)(C)c1ccc(C(=O)Nc2cccc(NC(=O)CCN3C(=O)C4CC=CCC4C3=O)c2)cc1. The first-order chi connectivity index (χ1) is 16.6. The first-order valence-electron chi connectivity index (χ1n) is 12.0. The van der Waals surface area contributed by atoms with Gasteiger partial charge in [0.25, 0.3) is 5.91 Å². The van der Waals surface area contributed by atoms with Crippen LogP contribution in [0.15, 0.2) is 60.7 Å². The molecule has 4 rings (SSSR count). The van der Waals surface area contributed by atoms with Crippen molar-refractivity contribution in [1.29, 1.82) is 0 Å². The number of anilines is 2. The van der Waals surface area contributed by atoms with Crippen LogP contribution in [0.4, 0.5) is 11.4 Å². The molecule has 2 unspecified atom stereocenters. The van der Waals surface area contributed by atoms with E-state index in [2.05, 4.69) is 31.4 Å². The summed E-state index contributed by atoms with van der Waals surface area (Å²) in [5.74, 6) is -1.49. The van der Waals surface area contributed by atoms with Crippen LogP contribution >= 0.6 is 0 Å². The normalized spacial score (nSPS) is 19.5. The molecular weight excluding hydrogens is 442 g/mol. The monoisotopic (exact) mass is 473 g/mol. The van der Waals surface area contributed by atoms with E-state index >= 15 is 0 Å². The van der Waals surface area contributed by atoms with Crippen LogP contribution in [0.3, 0.4) is 0 Å². The summed E-state index contributed by atoms with van der Waals surface area (Å²) in [7, 11) is 0. The number of hydrogen-bond acceptors (Lipinski definition) is 4. The van der Waals surface area contributed by atoms with Gasteiger partial charge in [0.2, 0.25) is 17.7 Å². The number of imide groups is 1. The molecule has 0 saturated carbocycles. The molecule has 2 aromatic carbocycles. The van der Waals surface area contributed by atoms with Gasteiger partial charge >= 0.3 is 0 Å². The molecule has 0 aromatic heterocycles. The van der Waals surface area contributed by atoms with Crippen molar-refractivity contribution in [3.05, 3.63) is 71.8 Å². The third-order valence-corrected chi connectivity index (χ3v) is 6.58. The third-order valence-electron chi connectivity index (χ3n) is 6.58. The Morgan fingerprint density at radius 1 is 0.886 bits per heavy atom. The van der Waals surface area contributed by atoms with Gasteiger partial charge in [-0.25, -0.2) is 0 Å². The summed E-state index contributed by atoms with van der Waals surface area (Å²) in [6, 6.07) is 14.4. The number of likely N-dealkylation sites (tertiary alicyclic amines) is 1. The molecule has 182 valence electrons. The fraction of sp³-hybridized carbons (Fsp3) is 0.357. The molecule has 2 aliphatic rings. The standard InChI is InChI=1S/C28H31N3O4/c1-28(2,3)19-13-11-18(12-14-19)25(33)30-21-8-6-7-20(17-21)29-24(32)15-16-31-26(34)22-9-4-5-10-23(22)27(31)35/h4-8,11-14,17,22-23H,9-10,15-16H2,1-3H3,(H,29,32)(H,30,33). The average molecular weight is 474 g/mol. The minimum Gasteiger partial charge on any atom is -0.326 e. The molecule has 1 fully saturated rings. The summed E-state index contributed by atoms with van der Waals surface area (Å²) in [4.78, 5) is 51.5. The van der Waals surface area contributed by atoms with E-state index in [1.807, 2.05) is 24.3 Å². The highest BCUT2D eigenvalue weighted by Gasteiger charge is 2.46. The van der Waals surface area contributed by atoms with Gasteiger partial charge in [-0.3, -0.25) is 24.1 Å². The van der Waals surface area contributed by atoms with E-state index in [0.29, 0.717) is 29.8 Å². The lowest BCUT2D eigenvalue weighted by atomic mass is 9.85. The molecule has 4 amide bonds. The van der Waals surface area contributed by atoms with Crippen molar-refractivity contribution < 1.29 is 19.2 Å². The number of nitrogens with one attached hydrogen (secondary N) is 2. The maximum absolute atomic E-state index is 12.7. The molecular formula is C28H31N3O4.